The van der Waals surface area contributed by atoms with Gasteiger partial charge in [0.05, 0.1) is 26.7 Å². The number of hydrogen-bond acceptors (Lipinski definition) is 5. The monoisotopic (exact) mass is 528 g/mol. The molecule has 6 rings (SSSR count). The van der Waals surface area contributed by atoms with Crippen molar-refractivity contribution in [3.8, 4) is 10.4 Å². The van der Waals surface area contributed by atoms with E-state index < -0.39 is 0 Å². The molecule has 0 bridgehead atoms. The Balaban J connectivity index is 0.943. The minimum absolute atomic E-state index is 0.0271. The Kier molecular flexibility index (Phi) is 6.85. The number of thiophene rings is 1. The van der Waals surface area contributed by atoms with E-state index in [4.69, 9.17) is 0 Å². The summed E-state index contributed by atoms with van der Waals surface area (Å²) in [4.78, 5) is 34.9. The minimum Gasteiger partial charge on any atom is -0.352 e. The van der Waals surface area contributed by atoms with Crippen molar-refractivity contribution in [2.75, 3.05) is 19.6 Å². The van der Waals surface area contributed by atoms with Crippen LogP contribution >= 0.6 is 23.1 Å². The zero-order chi connectivity index (χ0) is 25.2. The first-order valence-electron chi connectivity index (χ1n) is 12.7. The Morgan fingerprint density at radius 3 is 2.68 bits per heavy atom. The molecule has 2 aliphatic rings. The summed E-state index contributed by atoms with van der Waals surface area (Å²) in [5.74, 6) is 0.716. The van der Waals surface area contributed by atoms with Gasteiger partial charge < -0.3 is 10.2 Å². The van der Waals surface area contributed by atoms with Crippen molar-refractivity contribution in [1.82, 2.24) is 19.6 Å². The third-order valence-electron chi connectivity index (χ3n) is 7.09. The highest BCUT2D eigenvalue weighted by Crippen LogP contribution is 2.34. The van der Waals surface area contributed by atoms with E-state index in [0.29, 0.717) is 17.4 Å². The third-order valence-corrected chi connectivity index (χ3v) is 9.26. The number of rotatable bonds is 7. The SMILES string of the molecule is O=C(NCCCC1CCN(C(=O)c2ccc(-c3ccccc3)s2)CC1)C1=Cc2cnc3cccc(n23)S1. The second kappa shape index (κ2) is 10.6. The molecule has 188 valence electrons. The highest BCUT2D eigenvalue weighted by molar-refractivity contribution is 8.04. The zero-order valence-corrected chi connectivity index (χ0v) is 22.1. The Morgan fingerprint density at radius 1 is 1.00 bits per heavy atom. The number of hydrogen-bond donors (Lipinski definition) is 1. The van der Waals surface area contributed by atoms with Gasteiger partial charge in [0, 0.05) is 24.5 Å². The summed E-state index contributed by atoms with van der Waals surface area (Å²) in [5, 5.41) is 4.10. The lowest BCUT2D eigenvalue weighted by Gasteiger charge is -2.31. The summed E-state index contributed by atoms with van der Waals surface area (Å²) < 4.78 is 2.07. The number of piperidine rings is 1. The van der Waals surface area contributed by atoms with E-state index in [1.807, 2.05) is 65.7 Å². The van der Waals surface area contributed by atoms with Crippen LogP contribution in [0.25, 0.3) is 22.2 Å². The van der Waals surface area contributed by atoms with Gasteiger partial charge in [-0.3, -0.25) is 14.0 Å². The van der Waals surface area contributed by atoms with Crippen molar-refractivity contribution in [3.63, 3.8) is 0 Å². The molecule has 1 aromatic carbocycles. The molecule has 0 atom stereocenters. The predicted octanol–water partition coefficient (Wildman–Crippen LogP) is 5.96. The molecule has 1 fully saturated rings. The first-order valence-corrected chi connectivity index (χ1v) is 14.4. The lowest BCUT2D eigenvalue weighted by atomic mass is 9.92. The van der Waals surface area contributed by atoms with E-state index >= 15 is 0 Å². The fraction of sp³-hybridized carbons (Fsp3) is 0.276. The van der Waals surface area contributed by atoms with Crippen LogP contribution in [0.3, 0.4) is 0 Å². The third kappa shape index (κ3) is 5.08. The van der Waals surface area contributed by atoms with Gasteiger partial charge in [0.1, 0.15) is 5.65 Å². The number of carbonyl (C=O) groups is 2. The van der Waals surface area contributed by atoms with Gasteiger partial charge in [-0.15, -0.1) is 11.3 Å². The van der Waals surface area contributed by atoms with Crippen LogP contribution in [0.1, 0.15) is 41.0 Å². The average Bonchev–Trinajstić information content (AvgIpc) is 3.60. The van der Waals surface area contributed by atoms with Gasteiger partial charge in [0.25, 0.3) is 11.8 Å². The topological polar surface area (TPSA) is 66.7 Å². The van der Waals surface area contributed by atoms with Crippen molar-refractivity contribution < 1.29 is 9.59 Å². The molecular weight excluding hydrogens is 500 g/mol. The summed E-state index contributed by atoms with van der Waals surface area (Å²) in [6.45, 7) is 2.27. The Morgan fingerprint density at radius 2 is 1.84 bits per heavy atom. The number of thioether (sulfide) groups is 1. The molecule has 0 aliphatic carbocycles. The summed E-state index contributed by atoms with van der Waals surface area (Å²) in [6.07, 6.45) is 7.77. The van der Waals surface area contributed by atoms with Crippen molar-refractivity contribution in [2.45, 2.75) is 30.7 Å². The molecule has 0 saturated carbocycles. The molecular formula is C29H28N4O2S2. The molecule has 0 unspecified atom stereocenters. The quantitative estimate of drug-likeness (QED) is 0.301. The molecule has 8 heteroatoms. The molecule has 3 aromatic heterocycles. The van der Waals surface area contributed by atoms with Crippen LogP contribution in [0.15, 0.2) is 76.8 Å². The number of amides is 2. The van der Waals surface area contributed by atoms with Crippen LogP contribution in [-0.4, -0.2) is 45.7 Å². The smallest absolute Gasteiger partial charge is 0.263 e. The number of aromatic nitrogens is 2. The molecule has 1 saturated heterocycles. The van der Waals surface area contributed by atoms with Crippen LogP contribution in [-0.2, 0) is 4.79 Å². The maximum absolute atomic E-state index is 13.0. The highest BCUT2D eigenvalue weighted by Gasteiger charge is 2.25. The normalized spacial score (nSPS) is 15.6. The van der Waals surface area contributed by atoms with E-state index in [-0.39, 0.29) is 11.8 Å². The maximum atomic E-state index is 13.0. The molecule has 6 nitrogen and oxygen atoms in total. The van der Waals surface area contributed by atoms with Crippen LogP contribution in [0, 0.1) is 5.92 Å². The van der Waals surface area contributed by atoms with Crippen molar-refractivity contribution in [3.05, 3.63) is 82.3 Å². The van der Waals surface area contributed by atoms with Crippen LogP contribution in [0.2, 0.25) is 0 Å². The van der Waals surface area contributed by atoms with Gasteiger partial charge in [-0.25, -0.2) is 4.98 Å². The molecule has 2 amide bonds. The highest BCUT2D eigenvalue weighted by atomic mass is 32.2. The van der Waals surface area contributed by atoms with Crippen molar-refractivity contribution in [1.29, 1.82) is 0 Å². The molecule has 5 heterocycles. The van der Waals surface area contributed by atoms with Crippen molar-refractivity contribution >= 4 is 46.6 Å². The summed E-state index contributed by atoms with van der Waals surface area (Å²) >= 11 is 3.06. The summed E-state index contributed by atoms with van der Waals surface area (Å²) in [6, 6.07) is 20.2. The van der Waals surface area contributed by atoms with Gasteiger partial charge in [0.15, 0.2) is 0 Å². The second-order valence-electron chi connectivity index (χ2n) is 9.51. The van der Waals surface area contributed by atoms with Gasteiger partial charge in [-0.05, 0) is 67.5 Å². The van der Waals surface area contributed by atoms with Gasteiger partial charge >= 0.3 is 0 Å². The average molecular weight is 529 g/mol. The molecule has 37 heavy (non-hydrogen) atoms. The molecule has 1 N–H and O–H groups in total. The first-order chi connectivity index (χ1) is 18.2. The predicted molar refractivity (Wildman–Crippen MR) is 150 cm³/mol. The lowest BCUT2D eigenvalue weighted by molar-refractivity contribution is -0.116. The van der Waals surface area contributed by atoms with Crippen LogP contribution < -0.4 is 5.32 Å². The van der Waals surface area contributed by atoms with E-state index in [0.717, 1.165) is 70.5 Å². The standard InChI is InChI=1S/C29H28N4O2S2/c34-28(25-18-22-19-31-26-9-4-10-27(37-25)33(22)26)30-15-5-6-20-13-16-32(17-14-20)29(35)24-12-11-23(36-24)21-7-2-1-3-8-21/h1-4,7-12,18-20H,5-6,13-17H2,(H,30,34). The van der Waals surface area contributed by atoms with Crippen molar-refractivity contribution in [2.24, 2.45) is 5.92 Å². The Bertz CT molecular complexity index is 1470. The minimum atomic E-state index is -0.0271. The van der Waals surface area contributed by atoms with Gasteiger partial charge in [-0.1, -0.05) is 48.2 Å². The number of nitrogens with zero attached hydrogens (tertiary/aromatic N) is 3. The maximum Gasteiger partial charge on any atom is 0.263 e. The Labute approximate surface area is 224 Å². The number of imidazole rings is 1. The van der Waals surface area contributed by atoms with E-state index in [1.165, 1.54) is 11.8 Å². The number of likely N-dealkylation sites (tertiary alicyclic amines) is 1. The summed E-state index contributed by atoms with van der Waals surface area (Å²) in [7, 11) is 0. The van der Waals surface area contributed by atoms with Crippen LogP contribution in [0.4, 0.5) is 0 Å². The molecule has 0 spiro atoms. The zero-order valence-electron chi connectivity index (χ0n) is 20.4. The van der Waals surface area contributed by atoms with E-state index in [2.05, 4.69) is 26.8 Å². The fourth-order valence-electron chi connectivity index (χ4n) is 5.07. The number of benzene rings is 1. The summed E-state index contributed by atoms with van der Waals surface area (Å²) in [5.41, 5.74) is 2.99. The molecule has 4 aromatic rings. The number of pyridine rings is 1. The largest absolute Gasteiger partial charge is 0.352 e. The van der Waals surface area contributed by atoms with Gasteiger partial charge in [-0.2, -0.15) is 0 Å². The fourth-order valence-corrected chi connectivity index (χ4v) is 7.06. The number of carbonyl (C=O) groups excluding carboxylic acids is 2. The second-order valence-corrected chi connectivity index (χ2v) is 11.7. The lowest BCUT2D eigenvalue weighted by Crippen LogP contribution is -2.38. The molecule has 2 aliphatic heterocycles. The first kappa shape index (κ1) is 24.0. The van der Waals surface area contributed by atoms with Crippen LogP contribution in [0.5, 0.6) is 0 Å². The van der Waals surface area contributed by atoms with E-state index in [9.17, 15) is 9.59 Å². The Hall–Kier alpha value is -3.36. The number of nitrogens with one attached hydrogen (secondary N) is 1. The van der Waals surface area contributed by atoms with E-state index in [1.54, 1.807) is 11.3 Å². The molecule has 0 radical (unpaired) electrons. The van der Waals surface area contributed by atoms with Gasteiger partial charge in [0.2, 0.25) is 0 Å².